The fourth-order valence-electron chi connectivity index (χ4n) is 1.46. The summed E-state index contributed by atoms with van der Waals surface area (Å²) in [6.07, 6.45) is 1.80. The maximum atomic E-state index is 13.2. The van der Waals surface area contributed by atoms with Gasteiger partial charge in [-0.15, -0.1) is 0 Å². The van der Waals surface area contributed by atoms with Crippen molar-refractivity contribution in [2.24, 2.45) is 0 Å². The quantitative estimate of drug-likeness (QED) is 0.702. The van der Waals surface area contributed by atoms with Gasteiger partial charge in [-0.25, -0.2) is 13.2 Å². The van der Waals surface area contributed by atoms with Gasteiger partial charge in [0.2, 0.25) is 0 Å². The lowest BCUT2D eigenvalue weighted by atomic mass is 10.2. The predicted octanol–water partition coefficient (Wildman–Crippen LogP) is 3.38. The molecule has 2 nitrogen and oxygen atoms in total. The van der Waals surface area contributed by atoms with Gasteiger partial charge in [-0.3, -0.25) is 0 Å². The lowest BCUT2D eigenvalue weighted by Gasteiger charge is -2.06. The number of carbonyl (C=O) groups is 1. The molecular weight excluding hydrogens is 245 g/mol. The van der Waals surface area contributed by atoms with Gasteiger partial charge in [-0.1, -0.05) is 0 Å². The molecule has 0 spiro atoms. The molecule has 0 aliphatic rings. The Morgan fingerprint density at radius 3 is 2.33 bits per heavy atom. The minimum absolute atomic E-state index is 0.102. The van der Waals surface area contributed by atoms with E-state index in [2.05, 4.69) is 0 Å². The molecule has 0 N–H and O–H groups in total. The first-order valence-corrected chi connectivity index (χ1v) is 5.71. The van der Waals surface area contributed by atoms with Crippen molar-refractivity contribution in [3.8, 4) is 0 Å². The first-order valence-electron chi connectivity index (χ1n) is 5.71. The molecule has 0 aliphatic carbocycles. The molecule has 0 fully saturated rings. The van der Waals surface area contributed by atoms with Gasteiger partial charge < -0.3 is 9.53 Å². The molecule has 0 bridgehead atoms. The number of benzene rings is 1. The van der Waals surface area contributed by atoms with Crippen LogP contribution < -0.4 is 0 Å². The van der Waals surface area contributed by atoms with Crippen molar-refractivity contribution in [2.75, 3.05) is 6.61 Å². The summed E-state index contributed by atoms with van der Waals surface area (Å²) >= 11 is 0. The second-order valence-electron chi connectivity index (χ2n) is 4.06. The number of ketones is 1. The molecule has 1 aromatic carbocycles. The van der Waals surface area contributed by atoms with Crippen LogP contribution in [0.1, 0.15) is 31.7 Å². The minimum Gasteiger partial charge on any atom is -0.377 e. The van der Waals surface area contributed by atoms with E-state index in [9.17, 15) is 18.0 Å². The topological polar surface area (TPSA) is 26.3 Å². The number of halogens is 3. The largest absolute Gasteiger partial charge is 0.377 e. The Morgan fingerprint density at radius 1 is 1.17 bits per heavy atom. The maximum Gasteiger partial charge on any atom is 0.134 e. The molecule has 0 saturated heterocycles. The Kier molecular flexibility index (Phi) is 5.85. The molecule has 1 aromatic rings. The molecule has 0 heterocycles. The zero-order valence-corrected chi connectivity index (χ0v) is 10.1. The van der Waals surface area contributed by atoms with Crippen LogP contribution in [-0.4, -0.2) is 12.4 Å². The smallest absolute Gasteiger partial charge is 0.134 e. The minimum atomic E-state index is -0.949. The Balaban J connectivity index is 2.33. The summed E-state index contributed by atoms with van der Waals surface area (Å²) in [5.41, 5.74) is -0.275. The number of rotatable bonds is 7. The number of carbonyl (C=O) groups excluding carboxylic acids is 1. The van der Waals surface area contributed by atoms with Gasteiger partial charge in [0.1, 0.15) is 23.2 Å². The lowest BCUT2D eigenvalue weighted by Crippen LogP contribution is -2.02. The van der Waals surface area contributed by atoms with Crippen LogP contribution in [0.15, 0.2) is 12.1 Å². The van der Waals surface area contributed by atoms with E-state index in [1.807, 2.05) is 0 Å². The van der Waals surface area contributed by atoms with Gasteiger partial charge in [0, 0.05) is 30.7 Å². The van der Waals surface area contributed by atoms with E-state index in [0.29, 0.717) is 38.0 Å². The Hall–Kier alpha value is -1.36. The third kappa shape index (κ3) is 4.87. The Labute approximate surface area is 104 Å². The van der Waals surface area contributed by atoms with Crippen LogP contribution in [-0.2, 0) is 16.1 Å². The molecule has 0 unspecified atom stereocenters. The van der Waals surface area contributed by atoms with Crippen molar-refractivity contribution in [2.45, 2.75) is 32.8 Å². The van der Waals surface area contributed by atoms with E-state index >= 15 is 0 Å². The third-order valence-electron chi connectivity index (χ3n) is 2.42. The highest BCUT2D eigenvalue weighted by molar-refractivity contribution is 5.75. The Morgan fingerprint density at radius 2 is 1.78 bits per heavy atom. The molecule has 1 rings (SSSR count). The summed E-state index contributed by atoms with van der Waals surface area (Å²) in [7, 11) is 0. The van der Waals surface area contributed by atoms with Gasteiger partial charge in [0.15, 0.2) is 0 Å². The van der Waals surface area contributed by atoms with Crippen molar-refractivity contribution in [1.29, 1.82) is 0 Å². The average molecular weight is 260 g/mol. The molecule has 0 atom stereocenters. The molecule has 18 heavy (non-hydrogen) atoms. The van der Waals surface area contributed by atoms with Crippen LogP contribution in [0.5, 0.6) is 0 Å². The van der Waals surface area contributed by atoms with Crippen molar-refractivity contribution < 1.29 is 22.7 Å². The van der Waals surface area contributed by atoms with Crippen molar-refractivity contribution in [3.05, 3.63) is 35.1 Å². The normalized spacial score (nSPS) is 10.7. The fourth-order valence-corrected chi connectivity index (χ4v) is 1.46. The van der Waals surface area contributed by atoms with Crippen LogP contribution in [0.4, 0.5) is 13.2 Å². The van der Waals surface area contributed by atoms with Crippen LogP contribution in [0.2, 0.25) is 0 Å². The van der Waals surface area contributed by atoms with Gasteiger partial charge in [0.05, 0.1) is 6.61 Å². The van der Waals surface area contributed by atoms with E-state index in [0.717, 1.165) is 0 Å². The number of ether oxygens (including phenoxy) is 1. The van der Waals surface area contributed by atoms with E-state index in [1.54, 1.807) is 0 Å². The second kappa shape index (κ2) is 7.16. The van der Waals surface area contributed by atoms with Crippen molar-refractivity contribution in [1.82, 2.24) is 0 Å². The molecule has 0 aromatic heterocycles. The van der Waals surface area contributed by atoms with Crippen LogP contribution in [0.3, 0.4) is 0 Å². The Bertz CT molecular complexity index is 396. The molecule has 100 valence electrons. The second-order valence-corrected chi connectivity index (χ2v) is 4.06. The SMILES string of the molecule is CC(=O)CCCCOCc1c(F)cc(F)cc1F. The first-order chi connectivity index (χ1) is 8.50. The number of hydrogen-bond donors (Lipinski definition) is 0. The van der Waals surface area contributed by atoms with Crippen LogP contribution >= 0.6 is 0 Å². The summed E-state index contributed by atoms with van der Waals surface area (Å²) in [6.45, 7) is 1.58. The van der Waals surface area contributed by atoms with Gasteiger partial charge in [0.25, 0.3) is 0 Å². The van der Waals surface area contributed by atoms with E-state index in [-0.39, 0.29) is 18.0 Å². The summed E-state index contributed by atoms with van der Waals surface area (Å²) in [6, 6.07) is 1.25. The number of unbranched alkanes of at least 4 members (excludes halogenated alkanes) is 1. The summed E-state index contributed by atoms with van der Waals surface area (Å²) in [5.74, 6) is -2.74. The van der Waals surface area contributed by atoms with Crippen molar-refractivity contribution >= 4 is 5.78 Å². The van der Waals surface area contributed by atoms with E-state index in [1.165, 1.54) is 6.92 Å². The molecule has 0 radical (unpaired) electrons. The van der Waals surface area contributed by atoms with E-state index < -0.39 is 17.5 Å². The maximum absolute atomic E-state index is 13.2. The zero-order chi connectivity index (χ0) is 13.5. The molecule has 0 saturated carbocycles. The van der Waals surface area contributed by atoms with Gasteiger partial charge in [-0.2, -0.15) is 0 Å². The highest BCUT2D eigenvalue weighted by Gasteiger charge is 2.11. The highest BCUT2D eigenvalue weighted by Crippen LogP contribution is 2.15. The van der Waals surface area contributed by atoms with Gasteiger partial charge in [-0.05, 0) is 19.8 Å². The number of Topliss-reactive ketones (excluding diaryl/α,β-unsaturated/α-hetero) is 1. The molecule has 0 amide bonds. The summed E-state index contributed by atoms with van der Waals surface area (Å²) < 4.78 is 44.1. The monoisotopic (exact) mass is 260 g/mol. The average Bonchev–Trinajstić information content (AvgIpc) is 2.25. The molecular formula is C13H15F3O2. The third-order valence-corrected chi connectivity index (χ3v) is 2.42. The summed E-state index contributed by atoms with van der Waals surface area (Å²) in [4.78, 5) is 10.6. The number of hydrogen-bond acceptors (Lipinski definition) is 2. The zero-order valence-electron chi connectivity index (χ0n) is 10.1. The van der Waals surface area contributed by atoms with Gasteiger partial charge >= 0.3 is 0 Å². The summed E-state index contributed by atoms with van der Waals surface area (Å²) in [5, 5.41) is 0. The van der Waals surface area contributed by atoms with Crippen LogP contribution in [0.25, 0.3) is 0 Å². The standard InChI is InChI=1S/C13H15F3O2/c1-9(17)4-2-3-5-18-8-11-12(15)6-10(14)7-13(11)16/h6-7H,2-5,8H2,1H3. The fraction of sp³-hybridized carbons (Fsp3) is 0.462. The van der Waals surface area contributed by atoms with Crippen molar-refractivity contribution in [3.63, 3.8) is 0 Å². The highest BCUT2D eigenvalue weighted by atomic mass is 19.1. The van der Waals surface area contributed by atoms with Crippen LogP contribution in [0, 0.1) is 17.5 Å². The predicted molar refractivity (Wildman–Crippen MR) is 60.5 cm³/mol. The molecule has 5 heteroatoms. The lowest BCUT2D eigenvalue weighted by molar-refractivity contribution is -0.117. The first kappa shape index (κ1) is 14.7. The molecule has 0 aliphatic heterocycles. The van der Waals surface area contributed by atoms with E-state index in [4.69, 9.17) is 4.74 Å².